The molecule has 106 valence electrons. The average molecular weight is 280 g/mol. The van der Waals surface area contributed by atoms with E-state index < -0.39 is 18.3 Å². The van der Waals surface area contributed by atoms with E-state index in [2.05, 4.69) is 0 Å². The lowest BCUT2D eigenvalue weighted by atomic mass is 10.3. The number of hydrogen-bond donors (Lipinski definition) is 2. The SMILES string of the molecule is Nc1ccc(OCCNC(=O)C(F)(F)C(F)F)cc1. The van der Waals surface area contributed by atoms with Crippen molar-refractivity contribution in [1.29, 1.82) is 0 Å². The maximum absolute atomic E-state index is 12.5. The highest BCUT2D eigenvalue weighted by Crippen LogP contribution is 2.22. The highest BCUT2D eigenvalue weighted by atomic mass is 19.3. The number of anilines is 1. The molecule has 1 amide bonds. The van der Waals surface area contributed by atoms with E-state index in [-0.39, 0.29) is 13.2 Å². The van der Waals surface area contributed by atoms with Crippen LogP contribution < -0.4 is 15.8 Å². The fraction of sp³-hybridized carbons (Fsp3) is 0.364. The molecule has 19 heavy (non-hydrogen) atoms. The zero-order chi connectivity index (χ0) is 14.5. The lowest BCUT2D eigenvalue weighted by Gasteiger charge is -2.14. The van der Waals surface area contributed by atoms with Crippen LogP contribution >= 0.6 is 0 Å². The predicted octanol–water partition coefficient (Wildman–Crippen LogP) is 1.66. The predicted molar refractivity (Wildman–Crippen MR) is 60.3 cm³/mol. The van der Waals surface area contributed by atoms with Crippen LogP contribution in [0.4, 0.5) is 23.2 Å². The van der Waals surface area contributed by atoms with Gasteiger partial charge in [0.15, 0.2) is 0 Å². The summed E-state index contributed by atoms with van der Waals surface area (Å²) < 4.78 is 53.8. The van der Waals surface area contributed by atoms with Gasteiger partial charge in [-0.1, -0.05) is 0 Å². The first-order valence-electron chi connectivity index (χ1n) is 5.26. The average Bonchev–Trinajstić information content (AvgIpc) is 2.36. The van der Waals surface area contributed by atoms with Gasteiger partial charge in [-0.15, -0.1) is 0 Å². The molecule has 0 aliphatic carbocycles. The van der Waals surface area contributed by atoms with E-state index in [0.29, 0.717) is 11.4 Å². The molecule has 0 aromatic heterocycles. The molecule has 0 saturated carbocycles. The molecule has 3 N–H and O–H groups in total. The van der Waals surface area contributed by atoms with Crippen LogP contribution in [0, 0.1) is 0 Å². The van der Waals surface area contributed by atoms with E-state index in [4.69, 9.17) is 10.5 Å². The monoisotopic (exact) mass is 280 g/mol. The van der Waals surface area contributed by atoms with Crippen molar-refractivity contribution in [2.45, 2.75) is 12.3 Å². The smallest absolute Gasteiger partial charge is 0.383 e. The maximum atomic E-state index is 12.5. The van der Waals surface area contributed by atoms with Crippen LogP contribution in [0.1, 0.15) is 0 Å². The van der Waals surface area contributed by atoms with Crippen molar-refractivity contribution in [2.24, 2.45) is 0 Å². The van der Waals surface area contributed by atoms with Gasteiger partial charge in [0, 0.05) is 5.69 Å². The maximum Gasteiger partial charge on any atom is 0.383 e. The van der Waals surface area contributed by atoms with Gasteiger partial charge in [-0.05, 0) is 24.3 Å². The molecule has 0 atom stereocenters. The van der Waals surface area contributed by atoms with E-state index in [9.17, 15) is 22.4 Å². The van der Waals surface area contributed by atoms with Gasteiger partial charge in [0.2, 0.25) is 0 Å². The second kappa shape index (κ2) is 6.26. The van der Waals surface area contributed by atoms with Gasteiger partial charge in [-0.2, -0.15) is 8.78 Å². The van der Waals surface area contributed by atoms with E-state index in [0.717, 1.165) is 0 Å². The molecule has 0 spiro atoms. The van der Waals surface area contributed by atoms with Crippen LogP contribution in [-0.2, 0) is 4.79 Å². The van der Waals surface area contributed by atoms with Crippen molar-refractivity contribution in [2.75, 3.05) is 18.9 Å². The van der Waals surface area contributed by atoms with Crippen LogP contribution in [0.25, 0.3) is 0 Å². The Labute approximate surface area is 106 Å². The summed E-state index contributed by atoms with van der Waals surface area (Å²) in [6, 6.07) is 6.23. The molecule has 1 aromatic rings. The molecule has 1 rings (SSSR count). The summed E-state index contributed by atoms with van der Waals surface area (Å²) in [6.45, 7) is -0.444. The van der Waals surface area contributed by atoms with E-state index in [1.54, 1.807) is 29.6 Å². The summed E-state index contributed by atoms with van der Waals surface area (Å²) in [5.74, 6) is -6.30. The van der Waals surface area contributed by atoms with Gasteiger partial charge >= 0.3 is 12.3 Å². The summed E-state index contributed by atoms with van der Waals surface area (Å²) >= 11 is 0. The number of nitrogen functional groups attached to an aromatic ring is 1. The Bertz CT molecular complexity index is 423. The lowest BCUT2D eigenvalue weighted by Crippen LogP contribution is -2.46. The van der Waals surface area contributed by atoms with Crippen LogP contribution in [0.5, 0.6) is 5.75 Å². The molecule has 1 aromatic carbocycles. The Balaban J connectivity index is 2.31. The zero-order valence-electron chi connectivity index (χ0n) is 9.71. The molecule has 0 unspecified atom stereocenters. The minimum Gasteiger partial charge on any atom is -0.492 e. The summed E-state index contributed by atoms with van der Waals surface area (Å²) in [5, 5.41) is 1.67. The number of benzene rings is 1. The number of amides is 1. The number of ether oxygens (including phenoxy) is 1. The number of alkyl halides is 4. The molecule has 8 heteroatoms. The molecule has 0 bridgehead atoms. The molecule has 0 saturated heterocycles. The second-order valence-corrected chi connectivity index (χ2v) is 3.60. The quantitative estimate of drug-likeness (QED) is 0.473. The van der Waals surface area contributed by atoms with E-state index in [1.165, 1.54) is 0 Å². The lowest BCUT2D eigenvalue weighted by molar-refractivity contribution is -0.169. The third kappa shape index (κ3) is 4.31. The van der Waals surface area contributed by atoms with Crippen LogP contribution in [-0.4, -0.2) is 31.4 Å². The summed E-state index contributed by atoms with van der Waals surface area (Å²) in [6.07, 6.45) is -4.04. The number of rotatable bonds is 6. The highest BCUT2D eigenvalue weighted by Gasteiger charge is 2.48. The van der Waals surface area contributed by atoms with Crippen LogP contribution in [0.2, 0.25) is 0 Å². The van der Waals surface area contributed by atoms with Gasteiger partial charge in [0.05, 0.1) is 6.54 Å². The van der Waals surface area contributed by atoms with E-state index in [1.807, 2.05) is 0 Å². The number of nitrogens with one attached hydrogen (secondary N) is 1. The van der Waals surface area contributed by atoms with Crippen molar-refractivity contribution in [3.05, 3.63) is 24.3 Å². The van der Waals surface area contributed by atoms with Crippen molar-refractivity contribution in [3.63, 3.8) is 0 Å². The molecule has 0 fully saturated rings. The van der Waals surface area contributed by atoms with Gasteiger partial charge in [0.1, 0.15) is 12.4 Å². The Morgan fingerprint density at radius 2 is 1.89 bits per heavy atom. The number of hydrogen-bond acceptors (Lipinski definition) is 3. The minimum absolute atomic E-state index is 0.130. The van der Waals surface area contributed by atoms with Crippen molar-refractivity contribution in [3.8, 4) is 5.75 Å². The first-order valence-corrected chi connectivity index (χ1v) is 5.26. The minimum atomic E-state index is -4.69. The highest BCUT2D eigenvalue weighted by molar-refractivity contribution is 5.83. The molecular formula is C11H12F4N2O2. The summed E-state index contributed by atoms with van der Waals surface area (Å²) in [7, 11) is 0. The Morgan fingerprint density at radius 1 is 1.32 bits per heavy atom. The van der Waals surface area contributed by atoms with Crippen LogP contribution in [0.15, 0.2) is 24.3 Å². The summed E-state index contributed by atoms with van der Waals surface area (Å²) in [5.41, 5.74) is 5.96. The van der Waals surface area contributed by atoms with Gasteiger partial charge in [-0.3, -0.25) is 4.79 Å². The zero-order valence-corrected chi connectivity index (χ0v) is 9.71. The second-order valence-electron chi connectivity index (χ2n) is 3.60. The van der Waals surface area contributed by atoms with Crippen molar-refractivity contribution < 1.29 is 27.1 Å². The molecule has 0 heterocycles. The number of carbonyl (C=O) groups excluding carboxylic acids is 1. The third-order valence-corrected chi connectivity index (χ3v) is 2.11. The standard InChI is InChI=1S/C11H12F4N2O2/c12-9(13)11(14,15)10(18)17-5-6-19-8-3-1-7(16)2-4-8/h1-4,9H,5-6,16H2,(H,17,18). The largest absolute Gasteiger partial charge is 0.492 e. The van der Waals surface area contributed by atoms with E-state index >= 15 is 0 Å². The van der Waals surface area contributed by atoms with Gasteiger partial charge in [0.25, 0.3) is 5.91 Å². The molecule has 0 aliphatic rings. The van der Waals surface area contributed by atoms with Gasteiger partial charge < -0.3 is 15.8 Å². The molecule has 0 radical (unpaired) electrons. The van der Waals surface area contributed by atoms with Crippen LogP contribution in [0.3, 0.4) is 0 Å². The fourth-order valence-corrected chi connectivity index (χ4v) is 1.11. The first kappa shape index (κ1) is 15.1. The van der Waals surface area contributed by atoms with Crippen molar-refractivity contribution in [1.82, 2.24) is 5.32 Å². The van der Waals surface area contributed by atoms with Gasteiger partial charge in [-0.25, -0.2) is 8.78 Å². The molecule has 0 aliphatic heterocycles. The fourth-order valence-electron chi connectivity index (χ4n) is 1.11. The number of nitrogens with two attached hydrogens (primary N) is 1. The first-order chi connectivity index (χ1) is 8.84. The number of carbonyl (C=O) groups is 1. The third-order valence-electron chi connectivity index (χ3n) is 2.11. The molecular weight excluding hydrogens is 268 g/mol. The summed E-state index contributed by atoms with van der Waals surface area (Å²) in [4.78, 5) is 10.7. The number of halogens is 4. The topological polar surface area (TPSA) is 64.3 Å². The molecule has 4 nitrogen and oxygen atoms in total. The van der Waals surface area contributed by atoms with Crippen molar-refractivity contribution >= 4 is 11.6 Å². The Morgan fingerprint density at radius 3 is 2.42 bits per heavy atom. The Hall–Kier alpha value is -1.99. The normalized spacial score (nSPS) is 11.4. The Kier molecular flexibility index (Phi) is 4.96.